The van der Waals surface area contributed by atoms with Crippen LogP contribution in [0.4, 0.5) is 0 Å². The van der Waals surface area contributed by atoms with Gasteiger partial charge in [-0.1, -0.05) is 0 Å². The molecule has 2 rings (SSSR count). The minimum Gasteiger partial charge on any atom is -0.275 e. The summed E-state index contributed by atoms with van der Waals surface area (Å²) in [5.74, 6) is 0. The van der Waals surface area contributed by atoms with Crippen LogP contribution in [-0.4, -0.2) is 19.6 Å². The Morgan fingerprint density at radius 1 is 0.929 bits per heavy atom. The van der Waals surface area contributed by atoms with Gasteiger partial charge in [-0.3, -0.25) is 9.36 Å². The third-order valence-corrected chi connectivity index (χ3v) is 3.73. The van der Waals surface area contributed by atoms with Gasteiger partial charge in [0.2, 0.25) is 0 Å². The maximum atomic E-state index is 4.26. The average Bonchev–Trinajstić information content (AvgIpc) is 2.72. The highest BCUT2D eigenvalue weighted by Gasteiger charge is 2.02. The summed E-state index contributed by atoms with van der Waals surface area (Å²) >= 11 is 0. The van der Waals surface area contributed by atoms with E-state index in [0.717, 1.165) is 10.1 Å². The lowest BCUT2D eigenvalue weighted by atomic mass is 10.7. The zero-order valence-electron chi connectivity index (χ0n) is 7.91. The van der Waals surface area contributed by atoms with Crippen LogP contribution < -0.4 is 0 Å². The summed E-state index contributed by atoms with van der Waals surface area (Å²) in [5.41, 5.74) is 0. The molecule has 0 aliphatic rings. The van der Waals surface area contributed by atoms with Gasteiger partial charge in [-0.2, -0.15) is 10.2 Å². The van der Waals surface area contributed by atoms with Gasteiger partial charge in [0.05, 0.1) is 0 Å². The van der Waals surface area contributed by atoms with Crippen molar-refractivity contribution in [1.82, 2.24) is 19.6 Å². The Labute approximate surface area is 90.1 Å². The molecule has 0 aliphatic carbocycles. The predicted molar refractivity (Wildman–Crippen MR) is 58.1 cm³/mol. The van der Waals surface area contributed by atoms with Crippen LogP contribution in [0.3, 0.4) is 0 Å². The fourth-order valence-corrected chi connectivity index (χ4v) is 2.74. The summed E-state index contributed by atoms with van der Waals surface area (Å²) < 4.78 is 3.59. The second-order valence-electron chi connectivity index (χ2n) is 2.82. The summed E-state index contributed by atoms with van der Waals surface area (Å²) in [6.07, 6.45) is 3.86. The molecule has 2 aromatic rings. The van der Waals surface area contributed by atoms with Crippen LogP contribution in [0.15, 0.2) is 34.6 Å². The van der Waals surface area contributed by atoms with Gasteiger partial charge in [-0.25, -0.2) is 0 Å². The molecule has 0 bridgehead atoms. The van der Waals surface area contributed by atoms with Crippen LogP contribution in [0.1, 0.15) is 0 Å². The van der Waals surface area contributed by atoms with Gasteiger partial charge >= 0.3 is 0 Å². The van der Waals surface area contributed by atoms with E-state index in [4.69, 9.17) is 0 Å². The van der Waals surface area contributed by atoms with Crippen molar-refractivity contribution in [3.63, 3.8) is 0 Å². The monoisotopic (exact) mass is 226 g/mol. The molecule has 0 amide bonds. The van der Waals surface area contributed by atoms with E-state index in [9.17, 15) is 0 Å². The second-order valence-corrected chi connectivity index (χ2v) is 4.99. The second kappa shape index (κ2) is 4.10. The molecule has 4 nitrogen and oxygen atoms in total. The highest BCUT2D eigenvalue weighted by Crippen LogP contribution is 2.34. The van der Waals surface area contributed by atoms with E-state index in [0.29, 0.717) is 0 Å². The third-order valence-electron chi connectivity index (χ3n) is 1.59. The maximum Gasteiger partial charge on any atom is 0.129 e. The molecule has 0 radical (unpaired) electrons. The average molecular weight is 226 g/mol. The first kappa shape index (κ1) is 9.67. The first-order valence-corrected chi connectivity index (χ1v) is 6.23. The summed E-state index contributed by atoms with van der Waals surface area (Å²) in [4.78, 5) is 0. The molecule has 2 aromatic heterocycles. The molecule has 6 heteroatoms. The fraction of sp³-hybridized carbons (Fsp3) is 0.250. The molecule has 0 spiro atoms. The van der Waals surface area contributed by atoms with E-state index in [-0.39, 0.29) is 0 Å². The summed E-state index contributed by atoms with van der Waals surface area (Å²) in [5, 5.41) is 10.5. The number of hydrogen-bond donors (Lipinski definition) is 0. The summed E-state index contributed by atoms with van der Waals surface area (Å²) in [6, 6.07) is 3.97. The number of aryl methyl sites for hydroxylation is 2. The molecular formula is C8H10N4S2. The van der Waals surface area contributed by atoms with E-state index in [1.807, 2.05) is 38.6 Å². The maximum absolute atomic E-state index is 4.26. The van der Waals surface area contributed by atoms with Crippen molar-refractivity contribution in [3.8, 4) is 0 Å². The van der Waals surface area contributed by atoms with E-state index in [1.54, 1.807) is 31.0 Å². The largest absolute Gasteiger partial charge is 0.275 e. The molecule has 0 unspecified atom stereocenters. The fourth-order valence-electron chi connectivity index (χ4n) is 0.962. The Morgan fingerprint density at radius 2 is 1.36 bits per heavy atom. The first-order chi connectivity index (χ1) is 6.74. The van der Waals surface area contributed by atoms with Crippen molar-refractivity contribution < 1.29 is 0 Å². The van der Waals surface area contributed by atoms with Crippen molar-refractivity contribution in [3.05, 3.63) is 24.5 Å². The molecule has 0 aromatic carbocycles. The van der Waals surface area contributed by atoms with Gasteiger partial charge in [0, 0.05) is 26.5 Å². The smallest absolute Gasteiger partial charge is 0.129 e. The SMILES string of the molecule is Cn1ccc(SSc2ccn(C)n2)n1. The standard InChI is InChI=1S/C8H10N4S2/c1-11-5-3-7(9-11)13-14-8-4-6-12(2)10-8/h3-6H,1-2H3. The van der Waals surface area contributed by atoms with Crippen LogP contribution in [0.5, 0.6) is 0 Å². The molecule has 2 heterocycles. The Morgan fingerprint density at radius 3 is 1.64 bits per heavy atom. The number of nitrogens with zero attached hydrogens (tertiary/aromatic N) is 4. The van der Waals surface area contributed by atoms with E-state index in [2.05, 4.69) is 10.2 Å². The molecule has 0 N–H and O–H groups in total. The summed E-state index contributed by atoms with van der Waals surface area (Å²) in [6.45, 7) is 0. The topological polar surface area (TPSA) is 35.6 Å². The molecular weight excluding hydrogens is 216 g/mol. The number of hydrogen-bond acceptors (Lipinski definition) is 4. The zero-order chi connectivity index (χ0) is 9.97. The molecule has 14 heavy (non-hydrogen) atoms. The van der Waals surface area contributed by atoms with Crippen LogP contribution in [-0.2, 0) is 14.1 Å². The quantitative estimate of drug-likeness (QED) is 0.749. The van der Waals surface area contributed by atoms with E-state index in [1.165, 1.54) is 0 Å². The van der Waals surface area contributed by atoms with Crippen molar-refractivity contribution in [2.45, 2.75) is 10.1 Å². The molecule has 0 saturated carbocycles. The molecule has 74 valence electrons. The lowest BCUT2D eigenvalue weighted by Crippen LogP contribution is -1.86. The molecule has 0 atom stereocenters. The Hall–Kier alpha value is -0.880. The minimum atomic E-state index is 1.00. The van der Waals surface area contributed by atoms with Gasteiger partial charge in [-0.15, -0.1) is 0 Å². The van der Waals surface area contributed by atoms with Crippen LogP contribution in [0, 0.1) is 0 Å². The number of aromatic nitrogens is 4. The highest BCUT2D eigenvalue weighted by molar-refractivity contribution is 8.76. The Balaban J connectivity index is 1.94. The zero-order valence-corrected chi connectivity index (χ0v) is 9.55. The lowest BCUT2D eigenvalue weighted by molar-refractivity contribution is 0.737. The first-order valence-electron chi connectivity index (χ1n) is 4.08. The minimum absolute atomic E-state index is 1.00. The predicted octanol–water partition coefficient (Wildman–Crippen LogP) is 1.95. The Kier molecular flexibility index (Phi) is 2.83. The molecule has 0 aliphatic heterocycles. The van der Waals surface area contributed by atoms with Crippen LogP contribution in [0.2, 0.25) is 0 Å². The van der Waals surface area contributed by atoms with Gasteiger partial charge in [0.25, 0.3) is 0 Å². The van der Waals surface area contributed by atoms with Gasteiger partial charge in [0.1, 0.15) is 10.1 Å². The normalized spacial score (nSPS) is 10.7. The van der Waals surface area contributed by atoms with Crippen LogP contribution >= 0.6 is 21.6 Å². The van der Waals surface area contributed by atoms with Crippen LogP contribution in [0.25, 0.3) is 0 Å². The van der Waals surface area contributed by atoms with E-state index < -0.39 is 0 Å². The van der Waals surface area contributed by atoms with Crippen molar-refractivity contribution in [2.75, 3.05) is 0 Å². The van der Waals surface area contributed by atoms with Gasteiger partial charge in [0.15, 0.2) is 0 Å². The van der Waals surface area contributed by atoms with E-state index >= 15 is 0 Å². The van der Waals surface area contributed by atoms with Crippen molar-refractivity contribution in [2.24, 2.45) is 14.1 Å². The van der Waals surface area contributed by atoms with Crippen molar-refractivity contribution in [1.29, 1.82) is 0 Å². The summed E-state index contributed by atoms with van der Waals surface area (Å²) in [7, 11) is 7.06. The number of rotatable bonds is 3. The van der Waals surface area contributed by atoms with Gasteiger partial charge < -0.3 is 0 Å². The Bertz CT molecular complexity index is 380. The lowest BCUT2D eigenvalue weighted by Gasteiger charge is -1.92. The third kappa shape index (κ3) is 2.33. The van der Waals surface area contributed by atoms with Crippen molar-refractivity contribution >= 4 is 21.6 Å². The molecule has 0 fully saturated rings. The highest BCUT2D eigenvalue weighted by atomic mass is 33.1. The molecule has 0 saturated heterocycles. The van der Waals surface area contributed by atoms with Gasteiger partial charge in [-0.05, 0) is 33.7 Å².